The molecule has 0 amide bonds. The second-order valence-corrected chi connectivity index (χ2v) is 13.0. The molecule has 266 valence electrons. The highest BCUT2D eigenvalue weighted by molar-refractivity contribution is 6.08. The molecule has 2 saturated carbocycles. The van der Waals surface area contributed by atoms with Crippen LogP contribution in [0.1, 0.15) is 68.9 Å². The Morgan fingerprint density at radius 2 is 1.47 bits per heavy atom. The van der Waals surface area contributed by atoms with E-state index >= 15 is 0 Å². The van der Waals surface area contributed by atoms with Gasteiger partial charge in [0.1, 0.15) is 12.4 Å². The van der Waals surface area contributed by atoms with E-state index < -0.39 is 60.6 Å². The van der Waals surface area contributed by atoms with Crippen LogP contribution in [0.5, 0.6) is 5.75 Å². The number of benzene rings is 1. The topological polar surface area (TPSA) is 30.5 Å². The second-order valence-electron chi connectivity index (χ2n) is 13.0. The Balaban J connectivity index is 1.42. The monoisotopic (exact) mass is 699 g/mol. The van der Waals surface area contributed by atoms with E-state index in [-0.39, 0.29) is 24.2 Å². The van der Waals surface area contributed by atoms with Crippen LogP contribution >= 0.6 is 0 Å². The first-order chi connectivity index (χ1) is 21.5. The number of fused-ring (bicyclic) bond motifs is 5. The molecule has 0 saturated heterocycles. The van der Waals surface area contributed by atoms with Crippen LogP contribution in [0, 0.1) is 17.3 Å². The van der Waals surface area contributed by atoms with E-state index in [1.54, 1.807) is 0 Å². The van der Waals surface area contributed by atoms with E-state index in [0.29, 0.717) is 32.2 Å². The van der Waals surface area contributed by atoms with Crippen molar-refractivity contribution in [1.82, 2.24) is 5.32 Å². The minimum absolute atomic E-state index is 0.00234. The molecule has 2 radical (unpaired) electrons. The molecule has 0 spiro atoms. The van der Waals surface area contributed by atoms with Crippen LogP contribution in [0.4, 0.5) is 57.1 Å². The van der Waals surface area contributed by atoms with E-state index in [9.17, 15) is 57.1 Å². The van der Waals surface area contributed by atoms with Crippen LogP contribution in [0.3, 0.4) is 0 Å². The molecule has 0 heterocycles. The molecule has 1 aromatic rings. The lowest BCUT2D eigenvalue weighted by Crippen LogP contribution is -2.69. The van der Waals surface area contributed by atoms with E-state index in [4.69, 9.17) is 12.6 Å². The Hall–Kier alpha value is -1.91. The van der Waals surface area contributed by atoms with Crippen molar-refractivity contribution >= 4 is 7.85 Å². The van der Waals surface area contributed by atoms with Gasteiger partial charge in [-0.15, -0.1) is 0 Å². The van der Waals surface area contributed by atoms with Crippen LogP contribution in [-0.4, -0.2) is 69.6 Å². The predicted octanol–water partition coefficient (Wildman–Crippen LogP) is 8.96. The zero-order chi connectivity index (χ0) is 35.3. The number of aryl methyl sites for hydroxylation is 1. The summed E-state index contributed by atoms with van der Waals surface area (Å²) in [5.74, 6) is -10.1. The van der Waals surface area contributed by atoms with Crippen LogP contribution in [0.15, 0.2) is 18.2 Å². The molecule has 1 N–H and O–H groups in total. The summed E-state index contributed by atoms with van der Waals surface area (Å²) in [6, 6.07) is 5.16. The fourth-order valence-electron chi connectivity index (χ4n) is 7.83. The summed E-state index contributed by atoms with van der Waals surface area (Å²) in [6.07, 6.45) is -16.2. The quantitative estimate of drug-likeness (QED) is 0.134. The molecule has 0 aromatic heterocycles. The summed E-state index contributed by atoms with van der Waals surface area (Å²) >= 11 is 0. The molecule has 0 aliphatic heterocycles. The third kappa shape index (κ3) is 6.94. The van der Waals surface area contributed by atoms with Gasteiger partial charge in [-0.1, -0.05) is 25.7 Å². The molecule has 47 heavy (non-hydrogen) atoms. The number of ether oxygens (including phenoxy) is 2. The van der Waals surface area contributed by atoms with Crippen molar-refractivity contribution in [2.75, 3.05) is 19.8 Å². The molecule has 0 bridgehead atoms. The first-order valence-corrected chi connectivity index (χ1v) is 15.3. The largest absolute Gasteiger partial charge is 0.494 e. The van der Waals surface area contributed by atoms with Crippen molar-refractivity contribution < 1.29 is 66.5 Å². The molecule has 3 aliphatic carbocycles. The van der Waals surface area contributed by atoms with E-state index in [1.165, 1.54) is 0 Å². The molecule has 17 heteroatoms. The zero-order valence-electron chi connectivity index (χ0n) is 25.3. The van der Waals surface area contributed by atoms with Gasteiger partial charge in [0.05, 0.1) is 21.0 Å². The molecule has 3 nitrogen and oxygen atoms in total. The number of alkyl halides is 13. The number of halogens is 13. The lowest BCUT2D eigenvalue weighted by Gasteiger charge is -2.51. The number of unbranched alkanes of at least 4 members (excludes halogenated alkanes) is 1. The summed E-state index contributed by atoms with van der Waals surface area (Å²) in [5.41, 5.74) is -5.44. The lowest BCUT2D eigenvalue weighted by molar-refractivity contribution is -0.464. The van der Waals surface area contributed by atoms with Gasteiger partial charge in [-0.25, -0.2) is 0 Å². The van der Waals surface area contributed by atoms with E-state index in [2.05, 4.69) is 10.1 Å². The van der Waals surface area contributed by atoms with E-state index in [0.717, 1.165) is 42.6 Å². The first-order valence-electron chi connectivity index (χ1n) is 15.3. The zero-order valence-corrected chi connectivity index (χ0v) is 25.3. The summed E-state index contributed by atoms with van der Waals surface area (Å²) in [5, 5.41) is 2.33. The SMILES string of the molecule is [B]CCCCOc1ccc2c(c1)CCC1C2CC[C@@]2(C)C1CC[C@@H]2NCC(F)(F)C(F)(F)COC(C(F)(F)F)(C(F)(F)F)C(F)(F)F. The molecule has 1 aromatic carbocycles. The van der Waals surface area contributed by atoms with Gasteiger partial charge in [-0.05, 0) is 91.4 Å². The van der Waals surface area contributed by atoms with Gasteiger partial charge >= 0.3 is 36.0 Å². The number of nitrogens with one attached hydrogen (secondary N) is 1. The maximum atomic E-state index is 14.7. The van der Waals surface area contributed by atoms with Gasteiger partial charge in [0, 0.05) is 6.04 Å². The van der Waals surface area contributed by atoms with Crippen molar-refractivity contribution in [2.24, 2.45) is 17.3 Å². The smallest absolute Gasteiger partial charge is 0.435 e. The Kier molecular flexibility index (Phi) is 10.6. The number of hydrogen-bond acceptors (Lipinski definition) is 3. The van der Waals surface area contributed by atoms with Gasteiger partial charge in [-0.3, -0.25) is 0 Å². The number of rotatable bonds is 12. The maximum absolute atomic E-state index is 14.7. The van der Waals surface area contributed by atoms with Crippen molar-refractivity contribution in [2.45, 2.75) is 113 Å². The Bertz CT molecular complexity index is 1200. The normalized spacial score (nSPS) is 27.3. The molecule has 3 unspecified atom stereocenters. The minimum Gasteiger partial charge on any atom is -0.494 e. The van der Waals surface area contributed by atoms with Gasteiger partial charge in [-0.2, -0.15) is 57.1 Å². The maximum Gasteiger partial charge on any atom is 0.435 e. The lowest BCUT2D eigenvalue weighted by atomic mass is 9.55. The Morgan fingerprint density at radius 3 is 2.06 bits per heavy atom. The summed E-state index contributed by atoms with van der Waals surface area (Å²) in [4.78, 5) is 0. The average Bonchev–Trinajstić information content (AvgIpc) is 3.28. The third-order valence-electron chi connectivity index (χ3n) is 10.3. The molecule has 2 fully saturated rings. The van der Waals surface area contributed by atoms with Crippen molar-refractivity contribution in [3.8, 4) is 5.75 Å². The highest BCUT2D eigenvalue weighted by Gasteiger charge is 2.86. The van der Waals surface area contributed by atoms with Crippen LogP contribution in [0.2, 0.25) is 6.32 Å². The van der Waals surface area contributed by atoms with Crippen LogP contribution in [-0.2, 0) is 11.2 Å². The molecule has 3 aliphatic rings. The van der Waals surface area contributed by atoms with E-state index in [1.807, 2.05) is 25.1 Å². The van der Waals surface area contributed by atoms with Gasteiger partial charge < -0.3 is 14.8 Å². The van der Waals surface area contributed by atoms with Crippen molar-refractivity contribution in [1.29, 1.82) is 0 Å². The third-order valence-corrected chi connectivity index (χ3v) is 10.3. The minimum atomic E-state index is -7.33. The highest BCUT2D eigenvalue weighted by atomic mass is 19.4. The standard InChI is InChI=1S/C30H35BF13NO2/c1-24-11-10-20-19-7-5-18(46-13-3-2-12-31)14-17(19)4-6-21(20)22(24)8-9-23(24)45-15-25(32,33)26(34,35)16-47-27(28(36,37)38,29(39,40)41)30(42,43)44/h5,7,14,20-23,45H,2-4,6,8-13,15-16H2,1H3/t20?,21?,22?,23-,24-/m0/s1. The van der Waals surface area contributed by atoms with Crippen molar-refractivity contribution in [3.05, 3.63) is 29.3 Å². The predicted molar refractivity (Wildman–Crippen MR) is 145 cm³/mol. The number of hydrogen-bond donors (Lipinski definition) is 1. The van der Waals surface area contributed by atoms with Gasteiger partial charge in [0.15, 0.2) is 0 Å². The molecular formula is C30H35BF13NO2. The fourth-order valence-corrected chi connectivity index (χ4v) is 7.83. The molecular weight excluding hydrogens is 664 g/mol. The highest BCUT2D eigenvalue weighted by Crippen LogP contribution is 2.61. The molecule has 5 atom stereocenters. The summed E-state index contributed by atoms with van der Waals surface area (Å²) in [7, 11) is 5.51. The second kappa shape index (κ2) is 13.1. The Labute approximate surface area is 264 Å². The van der Waals surface area contributed by atoms with Crippen LogP contribution in [0.25, 0.3) is 0 Å². The Morgan fingerprint density at radius 1 is 0.830 bits per heavy atom. The average molecular weight is 699 g/mol. The fraction of sp³-hybridized carbons (Fsp3) is 0.800. The summed E-state index contributed by atoms with van der Waals surface area (Å²) in [6.45, 7) is -3.03. The van der Waals surface area contributed by atoms with Crippen molar-refractivity contribution in [3.63, 3.8) is 0 Å². The first kappa shape index (κ1) is 37.9. The molecule has 4 rings (SSSR count). The van der Waals surface area contributed by atoms with Crippen LogP contribution < -0.4 is 10.1 Å². The van der Waals surface area contributed by atoms with Gasteiger partial charge in [0.25, 0.3) is 0 Å². The summed E-state index contributed by atoms with van der Waals surface area (Å²) < 4.78 is 184. The van der Waals surface area contributed by atoms with Gasteiger partial charge in [0.2, 0.25) is 0 Å².